The van der Waals surface area contributed by atoms with Crippen LogP contribution in [0.3, 0.4) is 0 Å². The predicted molar refractivity (Wildman–Crippen MR) is 93.2 cm³/mol. The number of ether oxygens (including phenoxy) is 2. The maximum Gasteiger partial charge on any atom is 0.278 e. The number of nitro benzene ring substituents is 1. The first-order valence-corrected chi connectivity index (χ1v) is 7.87. The van der Waals surface area contributed by atoms with Gasteiger partial charge in [0.1, 0.15) is 18.7 Å². The Kier molecular flexibility index (Phi) is 3.81. The van der Waals surface area contributed by atoms with Crippen LogP contribution < -0.4 is 14.8 Å². The zero-order chi connectivity index (χ0) is 17.2. The molecule has 0 saturated heterocycles. The van der Waals surface area contributed by atoms with E-state index in [4.69, 9.17) is 9.47 Å². The van der Waals surface area contributed by atoms with E-state index >= 15 is 0 Å². The van der Waals surface area contributed by atoms with E-state index in [0.717, 1.165) is 22.7 Å². The number of hydrogen-bond acceptors (Lipinski definition) is 6. The zero-order valence-corrected chi connectivity index (χ0v) is 13.3. The average molecular weight is 337 g/mol. The smallest absolute Gasteiger partial charge is 0.278 e. The molecule has 2 heterocycles. The second-order valence-electron chi connectivity index (χ2n) is 5.62. The summed E-state index contributed by atoms with van der Waals surface area (Å²) in [5.74, 6) is 1.48. The first kappa shape index (κ1) is 15.2. The second kappa shape index (κ2) is 6.27. The average Bonchev–Trinajstić information content (AvgIpc) is 2.65. The van der Waals surface area contributed by atoms with Crippen LogP contribution >= 0.6 is 0 Å². The van der Waals surface area contributed by atoms with Crippen LogP contribution in [0.5, 0.6) is 11.5 Å². The van der Waals surface area contributed by atoms with Gasteiger partial charge < -0.3 is 14.8 Å². The molecule has 2 aromatic carbocycles. The molecule has 1 aliphatic heterocycles. The summed E-state index contributed by atoms with van der Waals surface area (Å²) in [5, 5.41) is 15.0. The molecule has 1 aliphatic rings. The molecule has 0 bridgehead atoms. The van der Waals surface area contributed by atoms with Crippen molar-refractivity contribution < 1.29 is 14.4 Å². The number of nitrogens with zero attached hydrogens (tertiary/aromatic N) is 2. The number of aromatic nitrogens is 1. The van der Waals surface area contributed by atoms with Crippen molar-refractivity contribution in [1.29, 1.82) is 0 Å². The lowest BCUT2D eigenvalue weighted by atomic mass is 10.1. The van der Waals surface area contributed by atoms with Gasteiger partial charge in [-0.1, -0.05) is 6.07 Å². The Bertz CT molecular complexity index is 958. The molecule has 1 aromatic heterocycles. The molecule has 7 nitrogen and oxygen atoms in total. The number of anilines is 1. The van der Waals surface area contributed by atoms with Crippen molar-refractivity contribution in [3.8, 4) is 11.5 Å². The molecule has 0 fully saturated rings. The van der Waals surface area contributed by atoms with Crippen LogP contribution in [0.1, 0.15) is 5.56 Å². The van der Waals surface area contributed by atoms with E-state index in [2.05, 4.69) is 10.3 Å². The van der Waals surface area contributed by atoms with E-state index in [-0.39, 0.29) is 5.69 Å². The van der Waals surface area contributed by atoms with Gasteiger partial charge >= 0.3 is 0 Å². The normalized spacial score (nSPS) is 12.8. The molecule has 1 N–H and O–H groups in total. The number of nitrogens with one attached hydrogen (secondary N) is 1. The molecule has 7 heteroatoms. The van der Waals surface area contributed by atoms with Crippen molar-refractivity contribution in [2.45, 2.75) is 6.54 Å². The van der Waals surface area contributed by atoms with Gasteiger partial charge in [0.15, 0.2) is 11.5 Å². The van der Waals surface area contributed by atoms with Gasteiger partial charge in [-0.25, -0.2) is 0 Å². The van der Waals surface area contributed by atoms with E-state index in [1.165, 1.54) is 6.07 Å². The minimum absolute atomic E-state index is 0.0491. The molecule has 0 amide bonds. The highest BCUT2D eigenvalue weighted by Gasteiger charge is 2.15. The third kappa shape index (κ3) is 2.91. The van der Waals surface area contributed by atoms with E-state index in [9.17, 15) is 10.1 Å². The van der Waals surface area contributed by atoms with Gasteiger partial charge in [0.2, 0.25) is 0 Å². The Morgan fingerprint density at radius 2 is 1.96 bits per heavy atom. The Labute approximate surface area is 143 Å². The topological polar surface area (TPSA) is 86.5 Å². The molecule has 0 aliphatic carbocycles. The van der Waals surface area contributed by atoms with Crippen LogP contribution in [0.25, 0.3) is 10.9 Å². The van der Waals surface area contributed by atoms with Crippen LogP contribution in [0, 0.1) is 10.1 Å². The summed E-state index contributed by atoms with van der Waals surface area (Å²) in [7, 11) is 0. The van der Waals surface area contributed by atoms with E-state index in [1.807, 2.05) is 18.2 Å². The number of rotatable bonds is 4. The van der Waals surface area contributed by atoms with Gasteiger partial charge in [0, 0.05) is 18.8 Å². The van der Waals surface area contributed by atoms with Gasteiger partial charge in [-0.3, -0.25) is 15.1 Å². The summed E-state index contributed by atoms with van der Waals surface area (Å²) in [6, 6.07) is 12.4. The van der Waals surface area contributed by atoms with Gasteiger partial charge in [-0.15, -0.1) is 0 Å². The van der Waals surface area contributed by atoms with Crippen LogP contribution in [0.15, 0.2) is 48.7 Å². The SMILES string of the molecule is O=[N+]([O-])c1ccc(NCc2ccc3c(c2)OCCO3)c2ncccc12. The molecule has 4 rings (SSSR count). The lowest BCUT2D eigenvalue weighted by Crippen LogP contribution is -2.15. The third-order valence-corrected chi connectivity index (χ3v) is 4.03. The van der Waals surface area contributed by atoms with Crippen molar-refractivity contribution >= 4 is 22.3 Å². The number of pyridine rings is 1. The van der Waals surface area contributed by atoms with Gasteiger partial charge in [-0.05, 0) is 35.9 Å². The maximum atomic E-state index is 11.2. The lowest BCUT2D eigenvalue weighted by Gasteiger charge is -2.19. The highest BCUT2D eigenvalue weighted by atomic mass is 16.6. The standard InChI is InChI=1S/C18H15N3O4/c22-21(23)15-5-4-14(18-13(15)2-1-7-19-18)20-11-12-3-6-16-17(10-12)25-9-8-24-16/h1-7,10,20H,8-9,11H2. The number of hydrogen-bond donors (Lipinski definition) is 1. The maximum absolute atomic E-state index is 11.2. The largest absolute Gasteiger partial charge is 0.486 e. The Morgan fingerprint density at radius 1 is 1.12 bits per heavy atom. The van der Waals surface area contributed by atoms with Gasteiger partial charge in [0.25, 0.3) is 5.69 Å². The summed E-state index contributed by atoms with van der Waals surface area (Å²) >= 11 is 0. The van der Waals surface area contributed by atoms with Crippen LogP contribution in [0.2, 0.25) is 0 Å². The second-order valence-corrected chi connectivity index (χ2v) is 5.62. The van der Waals surface area contributed by atoms with E-state index < -0.39 is 4.92 Å². The number of benzene rings is 2. The molecule has 3 aromatic rings. The van der Waals surface area contributed by atoms with Crippen molar-refractivity contribution in [2.75, 3.05) is 18.5 Å². The third-order valence-electron chi connectivity index (χ3n) is 4.03. The molecular weight excluding hydrogens is 322 g/mol. The monoisotopic (exact) mass is 337 g/mol. The summed E-state index contributed by atoms with van der Waals surface area (Å²) in [4.78, 5) is 15.1. The number of fused-ring (bicyclic) bond motifs is 2. The van der Waals surface area contributed by atoms with Crippen molar-refractivity contribution in [3.05, 3.63) is 64.3 Å². The van der Waals surface area contributed by atoms with Crippen molar-refractivity contribution in [2.24, 2.45) is 0 Å². The van der Waals surface area contributed by atoms with Gasteiger partial charge in [-0.2, -0.15) is 0 Å². The highest BCUT2D eigenvalue weighted by Crippen LogP contribution is 2.32. The Balaban J connectivity index is 1.61. The summed E-state index contributed by atoms with van der Waals surface area (Å²) in [5.41, 5.74) is 2.39. The predicted octanol–water partition coefficient (Wildman–Crippen LogP) is 3.53. The molecular formula is C18H15N3O4. The zero-order valence-electron chi connectivity index (χ0n) is 13.3. The molecule has 0 unspecified atom stereocenters. The minimum atomic E-state index is -0.394. The van der Waals surface area contributed by atoms with E-state index in [1.54, 1.807) is 24.4 Å². The van der Waals surface area contributed by atoms with Crippen LogP contribution in [-0.4, -0.2) is 23.1 Å². The van der Waals surface area contributed by atoms with Crippen molar-refractivity contribution in [1.82, 2.24) is 4.98 Å². The fourth-order valence-electron chi connectivity index (χ4n) is 2.85. The number of non-ortho nitro benzene ring substituents is 1. The summed E-state index contributed by atoms with van der Waals surface area (Å²) < 4.78 is 11.1. The van der Waals surface area contributed by atoms with Crippen LogP contribution in [0.4, 0.5) is 11.4 Å². The highest BCUT2D eigenvalue weighted by molar-refractivity contribution is 5.96. The minimum Gasteiger partial charge on any atom is -0.486 e. The Morgan fingerprint density at radius 3 is 2.80 bits per heavy atom. The molecule has 126 valence electrons. The molecule has 0 saturated carbocycles. The number of nitro groups is 1. The summed E-state index contributed by atoms with van der Waals surface area (Å²) in [6.45, 7) is 1.64. The first-order chi connectivity index (χ1) is 12.2. The fourth-order valence-corrected chi connectivity index (χ4v) is 2.85. The van der Waals surface area contributed by atoms with Crippen LogP contribution in [-0.2, 0) is 6.54 Å². The van der Waals surface area contributed by atoms with Gasteiger partial charge in [0.05, 0.1) is 16.0 Å². The van der Waals surface area contributed by atoms with E-state index in [0.29, 0.717) is 30.7 Å². The lowest BCUT2D eigenvalue weighted by molar-refractivity contribution is -0.383. The summed E-state index contributed by atoms with van der Waals surface area (Å²) in [6.07, 6.45) is 1.63. The first-order valence-electron chi connectivity index (χ1n) is 7.87. The fraction of sp³-hybridized carbons (Fsp3) is 0.167. The molecule has 25 heavy (non-hydrogen) atoms. The molecule has 0 radical (unpaired) electrons. The Hall–Kier alpha value is -3.35. The molecule has 0 spiro atoms. The quantitative estimate of drug-likeness (QED) is 0.579. The van der Waals surface area contributed by atoms with Crippen molar-refractivity contribution in [3.63, 3.8) is 0 Å². The molecule has 0 atom stereocenters.